The van der Waals surface area contributed by atoms with Gasteiger partial charge in [0, 0.05) is 5.56 Å². The molecule has 7 heteroatoms. The summed E-state index contributed by atoms with van der Waals surface area (Å²) < 4.78 is 16.7. The lowest BCUT2D eigenvalue weighted by molar-refractivity contribution is -0.123. The zero-order valence-electron chi connectivity index (χ0n) is 17.3. The van der Waals surface area contributed by atoms with Crippen LogP contribution in [0.15, 0.2) is 42.5 Å². The molecule has 0 spiro atoms. The van der Waals surface area contributed by atoms with Gasteiger partial charge in [0.15, 0.2) is 18.1 Å². The number of aryl methyl sites for hydroxylation is 1. The van der Waals surface area contributed by atoms with Gasteiger partial charge in [-0.05, 0) is 55.7 Å². The Labute approximate surface area is 171 Å². The number of hydrogen-bond acceptors (Lipinski definition) is 5. The standard InChI is InChI=1S/C22H28N2O5/c1-5-27-20-12-17(9-10-19(20)29-13-15(2)3)22(26)24-23-21(25)14-28-18-8-6-7-16(4)11-18/h6-12,15H,5,13-14H2,1-4H3,(H,23,25)(H,24,26). The van der Waals surface area contributed by atoms with Crippen LogP contribution in [0.3, 0.4) is 0 Å². The second-order valence-corrected chi connectivity index (χ2v) is 6.91. The van der Waals surface area contributed by atoms with Crippen LogP contribution in [0.25, 0.3) is 0 Å². The van der Waals surface area contributed by atoms with E-state index >= 15 is 0 Å². The van der Waals surface area contributed by atoms with Crippen LogP contribution < -0.4 is 25.1 Å². The Bertz CT molecular complexity index is 836. The molecule has 0 bridgehead atoms. The maximum atomic E-state index is 12.3. The van der Waals surface area contributed by atoms with Crippen LogP contribution in [-0.2, 0) is 4.79 Å². The molecule has 0 aliphatic rings. The van der Waals surface area contributed by atoms with Crippen LogP contribution >= 0.6 is 0 Å². The summed E-state index contributed by atoms with van der Waals surface area (Å²) in [5, 5.41) is 0. The molecule has 156 valence electrons. The minimum Gasteiger partial charge on any atom is -0.490 e. The molecule has 0 fully saturated rings. The van der Waals surface area contributed by atoms with Crippen molar-refractivity contribution in [2.75, 3.05) is 19.8 Å². The van der Waals surface area contributed by atoms with Crippen molar-refractivity contribution in [3.63, 3.8) is 0 Å². The number of hydrazine groups is 1. The zero-order chi connectivity index (χ0) is 21.2. The van der Waals surface area contributed by atoms with Crippen molar-refractivity contribution >= 4 is 11.8 Å². The van der Waals surface area contributed by atoms with Crippen molar-refractivity contribution in [2.24, 2.45) is 5.92 Å². The molecule has 0 saturated heterocycles. The highest BCUT2D eigenvalue weighted by Gasteiger charge is 2.13. The number of rotatable bonds is 9. The lowest BCUT2D eigenvalue weighted by atomic mass is 10.2. The number of carbonyl (C=O) groups excluding carboxylic acids is 2. The fourth-order valence-corrected chi connectivity index (χ4v) is 2.38. The maximum Gasteiger partial charge on any atom is 0.276 e. The van der Waals surface area contributed by atoms with E-state index in [0.717, 1.165) is 5.56 Å². The first kappa shape index (κ1) is 22.1. The van der Waals surface area contributed by atoms with Gasteiger partial charge in [-0.15, -0.1) is 0 Å². The van der Waals surface area contributed by atoms with Gasteiger partial charge in [0.25, 0.3) is 11.8 Å². The number of carbonyl (C=O) groups is 2. The Hall–Kier alpha value is -3.22. The quantitative estimate of drug-likeness (QED) is 0.631. The minimum atomic E-state index is -0.471. The van der Waals surface area contributed by atoms with Gasteiger partial charge >= 0.3 is 0 Å². The number of ether oxygens (including phenoxy) is 3. The van der Waals surface area contributed by atoms with Crippen LogP contribution in [0.2, 0.25) is 0 Å². The SMILES string of the molecule is CCOc1cc(C(=O)NNC(=O)COc2cccc(C)c2)ccc1OCC(C)C. The average Bonchev–Trinajstić information content (AvgIpc) is 2.69. The van der Waals surface area contributed by atoms with Gasteiger partial charge in [-0.2, -0.15) is 0 Å². The molecule has 2 rings (SSSR count). The Morgan fingerprint density at radius 1 is 0.966 bits per heavy atom. The zero-order valence-corrected chi connectivity index (χ0v) is 17.3. The summed E-state index contributed by atoms with van der Waals surface area (Å²) in [5.74, 6) is 1.07. The smallest absolute Gasteiger partial charge is 0.276 e. The van der Waals surface area contributed by atoms with E-state index in [1.165, 1.54) is 0 Å². The van der Waals surface area contributed by atoms with Gasteiger partial charge in [0.2, 0.25) is 0 Å². The summed E-state index contributed by atoms with van der Waals surface area (Å²) in [6.07, 6.45) is 0. The fraction of sp³-hybridized carbons (Fsp3) is 0.364. The minimum absolute atomic E-state index is 0.212. The summed E-state index contributed by atoms with van der Waals surface area (Å²) >= 11 is 0. The molecule has 2 amide bonds. The molecule has 2 aromatic carbocycles. The van der Waals surface area contributed by atoms with Crippen LogP contribution in [0.4, 0.5) is 0 Å². The van der Waals surface area contributed by atoms with Crippen LogP contribution in [-0.4, -0.2) is 31.6 Å². The molecule has 0 aromatic heterocycles. The molecule has 0 atom stereocenters. The molecule has 0 unspecified atom stereocenters. The van der Waals surface area contributed by atoms with Crippen LogP contribution in [0.1, 0.15) is 36.7 Å². The summed E-state index contributed by atoms with van der Waals surface area (Å²) in [6.45, 7) is 8.66. The highest BCUT2D eigenvalue weighted by atomic mass is 16.5. The molecule has 7 nitrogen and oxygen atoms in total. The van der Waals surface area contributed by atoms with Gasteiger partial charge in [0.1, 0.15) is 5.75 Å². The van der Waals surface area contributed by atoms with E-state index in [9.17, 15) is 9.59 Å². The Morgan fingerprint density at radius 3 is 2.45 bits per heavy atom. The monoisotopic (exact) mass is 400 g/mol. The number of hydrogen-bond donors (Lipinski definition) is 2. The maximum absolute atomic E-state index is 12.3. The predicted molar refractivity (Wildman–Crippen MR) is 110 cm³/mol. The van der Waals surface area contributed by atoms with Crippen molar-refractivity contribution in [1.29, 1.82) is 0 Å². The largest absolute Gasteiger partial charge is 0.490 e. The second-order valence-electron chi connectivity index (χ2n) is 6.91. The Kier molecular flexibility index (Phi) is 8.33. The van der Waals surface area contributed by atoms with E-state index in [0.29, 0.717) is 41.9 Å². The highest BCUT2D eigenvalue weighted by Crippen LogP contribution is 2.29. The van der Waals surface area contributed by atoms with E-state index in [2.05, 4.69) is 10.9 Å². The molecular weight excluding hydrogens is 372 g/mol. The molecule has 0 saturated carbocycles. The average molecular weight is 400 g/mol. The van der Waals surface area contributed by atoms with Gasteiger partial charge < -0.3 is 14.2 Å². The first-order chi connectivity index (χ1) is 13.9. The molecular formula is C22H28N2O5. The molecule has 0 aliphatic carbocycles. The summed E-state index contributed by atoms with van der Waals surface area (Å²) in [5.41, 5.74) is 6.07. The van der Waals surface area contributed by atoms with Crippen molar-refractivity contribution < 1.29 is 23.8 Å². The van der Waals surface area contributed by atoms with Gasteiger partial charge in [-0.3, -0.25) is 20.4 Å². The Morgan fingerprint density at radius 2 is 1.76 bits per heavy atom. The molecule has 0 aliphatic heterocycles. The number of amides is 2. The van der Waals surface area contributed by atoms with Crippen molar-refractivity contribution in [3.05, 3.63) is 53.6 Å². The molecule has 2 aromatic rings. The van der Waals surface area contributed by atoms with E-state index in [4.69, 9.17) is 14.2 Å². The third-order valence-electron chi connectivity index (χ3n) is 3.75. The van der Waals surface area contributed by atoms with Crippen LogP contribution in [0.5, 0.6) is 17.2 Å². The summed E-state index contributed by atoms with van der Waals surface area (Å²) in [7, 11) is 0. The topological polar surface area (TPSA) is 85.9 Å². The highest BCUT2D eigenvalue weighted by molar-refractivity contribution is 5.96. The van der Waals surface area contributed by atoms with Crippen molar-refractivity contribution in [1.82, 2.24) is 10.9 Å². The molecule has 2 N–H and O–H groups in total. The van der Waals surface area contributed by atoms with E-state index in [1.54, 1.807) is 24.3 Å². The number of benzene rings is 2. The third kappa shape index (κ3) is 7.37. The molecule has 0 radical (unpaired) electrons. The predicted octanol–water partition coefficient (Wildman–Crippen LogP) is 3.27. The summed E-state index contributed by atoms with van der Waals surface area (Å²) in [4.78, 5) is 24.3. The summed E-state index contributed by atoms with van der Waals surface area (Å²) in [6, 6.07) is 12.2. The van der Waals surface area contributed by atoms with Gasteiger partial charge in [-0.1, -0.05) is 26.0 Å². The van der Waals surface area contributed by atoms with Gasteiger partial charge in [0.05, 0.1) is 13.2 Å². The Balaban J connectivity index is 1.90. The molecule has 29 heavy (non-hydrogen) atoms. The normalized spacial score (nSPS) is 10.4. The van der Waals surface area contributed by atoms with E-state index < -0.39 is 11.8 Å². The molecule has 0 heterocycles. The van der Waals surface area contributed by atoms with E-state index in [1.807, 2.05) is 45.9 Å². The van der Waals surface area contributed by atoms with Gasteiger partial charge in [-0.25, -0.2) is 0 Å². The first-order valence-electron chi connectivity index (χ1n) is 9.57. The first-order valence-corrected chi connectivity index (χ1v) is 9.57. The van der Waals surface area contributed by atoms with E-state index in [-0.39, 0.29) is 6.61 Å². The lowest BCUT2D eigenvalue weighted by Gasteiger charge is -2.15. The second kappa shape index (κ2) is 10.9. The fourth-order valence-electron chi connectivity index (χ4n) is 2.38. The van der Waals surface area contributed by atoms with Crippen LogP contribution in [0, 0.1) is 12.8 Å². The third-order valence-corrected chi connectivity index (χ3v) is 3.75. The van der Waals surface area contributed by atoms with Crippen molar-refractivity contribution in [3.8, 4) is 17.2 Å². The number of nitrogens with one attached hydrogen (secondary N) is 2. The lowest BCUT2D eigenvalue weighted by Crippen LogP contribution is -2.43. The van der Waals surface area contributed by atoms with Crippen molar-refractivity contribution in [2.45, 2.75) is 27.7 Å².